The molecule has 0 bridgehead atoms. The van der Waals surface area contributed by atoms with Gasteiger partial charge >= 0.3 is 0 Å². The van der Waals surface area contributed by atoms with Crippen molar-refractivity contribution in [2.75, 3.05) is 20.2 Å². The van der Waals surface area contributed by atoms with Gasteiger partial charge in [-0.3, -0.25) is 9.59 Å². The first-order valence-corrected chi connectivity index (χ1v) is 9.44. The molecule has 3 rings (SSSR count). The first kappa shape index (κ1) is 20.8. The maximum Gasteiger partial charge on any atom is 0.257 e. The lowest BCUT2D eigenvalue weighted by Gasteiger charge is -2.44. The van der Waals surface area contributed by atoms with E-state index in [4.69, 9.17) is 4.74 Å². The lowest BCUT2D eigenvalue weighted by molar-refractivity contribution is 0.0249. The number of hydrogen-bond donors (Lipinski definition) is 0. The van der Waals surface area contributed by atoms with Crippen LogP contribution >= 0.6 is 0 Å². The summed E-state index contributed by atoms with van der Waals surface area (Å²) in [5.41, 5.74) is 0.697. The summed E-state index contributed by atoms with van der Waals surface area (Å²) >= 11 is 0. The first-order chi connectivity index (χ1) is 13.7. The molecule has 2 aromatic rings. The Morgan fingerprint density at radius 2 is 1.48 bits per heavy atom. The van der Waals surface area contributed by atoms with Crippen molar-refractivity contribution in [2.45, 2.75) is 32.9 Å². The van der Waals surface area contributed by atoms with Gasteiger partial charge in [0, 0.05) is 31.2 Å². The summed E-state index contributed by atoms with van der Waals surface area (Å²) < 4.78 is 33.6. The van der Waals surface area contributed by atoms with E-state index in [1.54, 1.807) is 31.7 Å². The number of halogens is 2. The molecule has 1 saturated heterocycles. The number of carbonyl (C=O) groups excluding carboxylic acids is 2. The van der Waals surface area contributed by atoms with Crippen molar-refractivity contribution in [2.24, 2.45) is 0 Å². The van der Waals surface area contributed by atoms with E-state index in [9.17, 15) is 18.4 Å². The zero-order valence-electron chi connectivity index (χ0n) is 16.9. The molecule has 2 atom stereocenters. The lowest BCUT2D eigenvalue weighted by Crippen LogP contribution is -2.60. The summed E-state index contributed by atoms with van der Waals surface area (Å²) in [7, 11) is 1.42. The highest BCUT2D eigenvalue weighted by atomic mass is 19.1. The summed E-state index contributed by atoms with van der Waals surface area (Å²) in [6.45, 7) is 5.81. The van der Waals surface area contributed by atoms with Gasteiger partial charge in [-0.05, 0) is 50.6 Å². The van der Waals surface area contributed by atoms with Crippen molar-refractivity contribution in [3.8, 4) is 5.75 Å². The molecule has 2 aromatic carbocycles. The van der Waals surface area contributed by atoms with Crippen molar-refractivity contribution in [3.63, 3.8) is 0 Å². The first-order valence-electron chi connectivity index (χ1n) is 9.44. The van der Waals surface area contributed by atoms with Gasteiger partial charge in [-0.2, -0.15) is 0 Å². The average molecular weight is 402 g/mol. The topological polar surface area (TPSA) is 49.9 Å². The third-order valence-electron chi connectivity index (χ3n) is 5.20. The number of ether oxygens (including phenoxy) is 1. The minimum atomic E-state index is -0.658. The molecule has 1 aliphatic rings. The van der Waals surface area contributed by atoms with Crippen LogP contribution < -0.4 is 4.74 Å². The summed E-state index contributed by atoms with van der Waals surface area (Å²) in [5, 5.41) is 0. The minimum absolute atomic E-state index is 0.0102. The van der Waals surface area contributed by atoms with Crippen LogP contribution in [0.5, 0.6) is 5.75 Å². The minimum Gasteiger partial charge on any atom is -0.497 e. The fraction of sp³-hybridized carbons (Fsp3) is 0.364. The third kappa shape index (κ3) is 4.09. The molecule has 29 heavy (non-hydrogen) atoms. The number of benzene rings is 2. The van der Waals surface area contributed by atoms with E-state index in [0.29, 0.717) is 5.75 Å². The average Bonchev–Trinajstić information content (AvgIpc) is 2.66. The fourth-order valence-electron chi connectivity index (χ4n) is 3.79. The van der Waals surface area contributed by atoms with Gasteiger partial charge in [0.2, 0.25) is 0 Å². The van der Waals surface area contributed by atoms with Crippen molar-refractivity contribution in [3.05, 3.63) is 64.7 Å². The van der Waals surface area contributed by atoms with Crippen molar-refractivity contribution < 1.29 is 23.1 Å². The largest absolute Gasteiger partial charge is 0.497 e. The SMILES string of the molecule is COc1ccc(C(=O)N2[C@H](C)CN(C(=O)c3ccc(C)cc3F)C[C@H]2C)c(F)c1. The molecule has 0 aliphatic carbocycles. The Labute approximate surface area is 168 Å². The highest BCUT2D eigenvalue weighted by Gasteiger charge is 2.36. The quantitative estimate of drug-likeness (QED) is 0.787. The monoisotopic (exact) mass is 402 g/mol. The molecule has 5 nitrogen and oxygen atoms in total. The molecule has 0 saturated carbocycles. The second-order valence-electron chi connectivity index (χ2n) is 7.45. The second-order valence-corrected chi connectivity index (χ2v) is 7.45. The van der Waals surface area contributed by atoms with Gasteiger partial charge in [0.1, 0.15) is 17.4 Å². The van der Waals surface area contributed by atoms with E-state index in [-0.39, 0.29) is 36.3 Å². The van der Waals surface area contributed by atoms with Crippen molar-refractivity contribution >= 4 is 11.8 Å². The molecule has 0 aromatic heterocycles. The smallest absolute Gasteiger partial charge is 0.257 e. The fourth-order valence-corrected chi connectivity index (χ4v) is 3.79. The molecule has 0 unspecified atom stereocenters. The highest BCUT2D eigenvalue weighted by Crippen LogP contribution is 2.24. The van der Waals surface area contributed by atoms with Gasteiger partial charge < -0.3 is 14.5 Å². The summed E-state index contributed by atoms with van der Waals surface area (Å²) in [5.74, 6) is -1.75. The Morgan fingerprint density at radius 1 is 0.931 bits per heavy atom. The molecule has 1 heterocycles. The van der Waals surface area contributed by atoms with Crippen LogP contribution in [-0.4, -0.2) is 53.9 Å². The molecular weight excluding hydrogens is 378 g/mol. The standard InChI is InChI=1S/C22H24F2N2O3/c1-13-5-7-17(19(23)9-13)21(27)25-11-14(2)26(15(3)12-25)22(28)18-8-6-16(29-4)10-20(18)24/h5-10,14-15H,11-12H2,1-4H3/t14-,15-/m1/s1. The van der Waals surface area contributed by atoms with E-state index in [0.717, 1.165) is 5.56 Å². The van der Waals surface area contributed by atoms with E-state index in [2.05, 4.69) is 0 Å². The Morgan fingerprint density at radius 3 is 2.03 bits per heavy atom. The Kier molecular flexibility index (Phi) is 5.86. The van der Waals surface area contributed by atoms with E-state index in [1.165, 1.54) is 42.3 Å². The van der Waals surface area contributed by atoms with Gasteiger partial charge in [0.25, 0.3) is 11.8 Å². The van der Waals surface area contributed by atoms with Crippen LogP contribution in [-0.2, 0) is 0 Å². The van der Waals surface area contributed by atoms with Crippen molar-refractivity contribution in [1.29, 1.82) is 0 Å². The molecule has 1 aliphatic heterocycles. The van der Waals surface area contributed by atoms with Crippen LogP contribution in [0.25, 0.3) is 0 Å². The number of hydrogen-bond acceptors (Lipinski definition) is 3. The number of amides is 2. The zero-order chi connectivity index (χ0) is 21.3. The molecule has 0 N–H and O–H groups in total. The number of nitrogens with zero attached hydrogens (tertiary/aromatic N) is 2. The third-order valence-corrected chi connectivity index (χ3v) is 5.20. The van der Waals surface area contributed by atoms with Gasteiger partial charge in [0.05, 0.1) is 18.2 Å². The number of piperazine rings is 1. The van der Waals surface area contributed by atoms with Crippen LogP contribution in [0.15, 0.2) is 36.4 Å². The highest BCUT2D eigenvalue weighted by molar-refractivity contribution is 5.96. The predicted octanol–water partition coefficient (Wildman–Crippen LogP) is 3.66. The predicted molar refractivity (Wildman–Crippen MR) is 105 cm³/mol. The van der Waals surface area contributed by atoms with E-state index >= 15 is 0 Å². The zero-order valence-corrected chi connectivity index (χ0v) is 16.9. The van der Waals surface area contributed by atoms with Gasteiger partial charge in [-0.15, -0.1) is 0 Å². The van der Waals surface area contributed by atoms with Crippen LogP contribution in [0.1, 0.15) is 40.1 Å². The number of rotatable bonds is 3. The summed E-state index contributed by atoms with van der Waals surface area (Å²) in [6.07, 6.45) is 0. The molecule has 1 fully saturated rings. The van der Waals surface area contributed by atoms with Crippen LogP contribution in [0.3, 0.4) is 0 Å². The Balaban J connectivity index is 1.79. The van der Waals surface area contributed by atoms with Gasteiger partial charge in [0.15, 0.2) is 0 Å². The van der Waals surface area contributed by atoms with Gasteiger partial charge in [-0.25, -0.2) is 8.78 Å². The number of carbonyl (C=O) groups is 2. The van der Waals surface area contributed by atoms with E-state index < -0.39 is 23.4 Å². The van der Waals surface area contributed by atoms with E-state index in [1.807, 2.05) is 0 Å². The second kappa shape index (κ2) is 8.19. The molecular formula is C22H24F2N2O3. The van der Waals surface area contributed by atoms with Crippen LogP contribution in [0.2, 0.25) is 0 Å². The normalized spacial score (nSPS) is 19.2. The number of aryl methyl sites for hydroxylation is 1. The van der Waals surface area contributed by atoms with Crippen molar-refractivity contribution in [1.82, 2.24) is 9.80 Å². The molecule has 2 amide bonds. The molecule has 0 radical (unpaired) electrons. The Hall–Kier alpha value is -2.96. The summed E-state index contributed by atoms with van der Waals surface area (Å²) in [6, 6.07) is 7.88. The molecule has 0 spiro atoms. The van der Waals surface area contributed by atoms with Gasteiger partial charge in [-0.1, -0.05) is 6.07 Å². The van der Waals surface area contributed by atoms with Crippen LogP contribution in [0.4, 0.5) is 8.78 Å². The number of methoxy groups -OCH3 is 1. The Bertz CT molecular complexity index is 936. The summed E-state index contributed by atoms with van der Waals surface area (Å²) in [4.78, 5) is 28.9. The lowest BCUT2D eigenvalue weighted by atomic mass is 10.0. The molecule has 7 heteroatoms. The maximum absolute atomic E-state index is 14.4. The maximum atomic E-state index is 14.4. The molecule has 154 valence electrons. The van der Waals surface area contributed by atoms with Crippen LogP contribution in [0, 0.1) is 18.6 Å².